The van der Waals surface area contributed by atoms with Crippen LogP contribution in [0.5, 0.6) is 0 Å². The van der Waals surface area contributed by atoms with Crippen molar-refractivity contribution in [3.63, 3.8) is 0 Å². The minimum atomic E-state index is 0.0539. The molecule has 2 heterocycles. The lowest BCUT2D eigenvalue weighted by Gasteiger charge is -2.41. The summed E-state index contributed by atoms with van der Waals surface area (Å²) < 4.78 is 0. The average molecular weight is 1010 g/mol. The lowest BCUT2D eigenvalue weighted by molar-refractivity contribution is 0.411. The number of hydrogen-bond donors (Lipinski definition) is 0. The third-order valence-electron chi connectivity index (χ3n) is 16.7. The van der Waals surface area contributed by atoms with Crippen LogP contribution in [-0.4, -0.2) is 13.3 Å². The van der Waals surface area contributed by atoms with Crippen molar-refractivity contribution in [1.29, 1.82) is 0 Å². The first-order valence-corrected chi connectivity index (χ1v) is 28.5. The SMILES string of the molecule is CC(C)(C)Cc1cc2c3c(c1)N(CCc1c(-c4ccccc4)cc(-c4ccccc4)cc1-c1ccccc1)c1ccc(-c4ccccc4)cc1B3c1ccc(-c3cc4cccc5c6cccc7cccc(c(c3)c45)c76)cc1S2. The second-order valence-electron chi connectivity index (χ2n) is 22.9. The van der Waals surface area contributed by atoms with Gasteiger partial charge in [0.1, 0.15) is 0 Å². The van der Waals surface area contributed by atoms with Crippen molar-refractivity contribution < 1.29 is 0 Å². The summed E-state index contributed by atoms with van der Waals surface area (Å²) in [5, 5.41) is 10.6. The highest BCUT2D eigenvalue weighted by molar-refractivity contribution is 8.00. The molecule has 0 saturated heterocycles. The Hall–Kier alpha value is -8.63. The van der Waals surface area contributed by atoms with E-state index >= 15 is 0 Å². The van der Waals surface area contributed by atoms with Gasteiger partial charge >= 0.3 is 0 Å². The number of hydrogen-bond acceptors (Lipinski definition) is 2. The van der Waals surface area contributed by atoms with Crippen LogP contribution in [0.1, 0.15) is 31.9 Å². The second-order valence-corrected chi connectivity index (χ2v) is 24.0. The van der Waals surface area contributed by atoms with Crippen molar-refractivity contribution >= 4 is 89.3 Å². The molecule has 13 aromatic rings. The summed E-state index contributed by atoms with van der Waals surface area (Å²) in [4.78, 5) is 5.40. The van der Waals surface area contributed by atoms with Gasteiger partial charge in [0.25, 0.3) is 0 Å². The van der Waals surface area contributed by atoms with Gasteiger partial charge in [0.05, 0.1) is 0 Å². The van der Waals surface area contributed by atoms with E-state index in [1.165, 1.54) is 147 Å². The van der Waals surface area contributed by atoms with Crippen molar-refractivity contribution in [1.82, 2.24) is 0 Å². The molecule has 2 aliphatic heterocycles. The molecule has 0 spiro atoms. The third-order valence-corrected chi connectivity index (χ3v) is 17.8. The smallest absolute Gasteiger partial charge is 0.249 e. The Morgan fingerprint density at radius 2 is 0.923 bits per heavy atom. The maximum Gasteiger partial charge on any atom is 0.249 e. The second kappa shape index (κ2) is 18.5. The minimum Gasteiger partial charge on any atom is -0.342 e. The number of benzene rings is 13. The van der Waals surface area contributed by atoms with Gasteiger partial charge in [-0.1, -0.05) is 238 Å². The van der Waals surface area contributed by atoms with Gasteiger partial charge in [0.15, 0.2) is 0 Å². The highest BCUT2D eigenvalue weighted by atomic mass is 32.2. The Kier molecular flexibility index (Phi) is 11.1. The predicted molar refractivity (Wildman–Crippen MR) is 337 cm³/mol. The highest BCUT2D eigenvalue weighted by Crippen LogP contribution is 2.46. The normalized spacial score (nSPS) is 12.9. The van der Waals surface area contributed by atoms with Crippen molar-refractivity contribution in [2.75, 3.05) is 11.4 Å². The lowest BCUT2D eigenvalue weighted by Crippen LogP contribution is -2.60. The lowest BCUT2D eigenvalue weighted by atomic mass is 9.34. The zero-order chi connectivity index (χ0) is 52.1. The molecule has 0 unspecified atom stereocenters. The van der Waals surface area contributed by atoms with E-state index in [1.807, 2.05) is 11.8 Å². The molecule has 0 amide bonds. The summed E-state index contributed by atoms with van der Waals surface area (Å²) in [6.45, 7) is 7.99. The summed E-state index contributed by atoms with van der Waals surface area (Å²) in [6, 6.07) is 94.0. The van der Waals surface area contributed by atoms with E-state index in [1.54, 1.807) is 0 Å². The van der Waals surface area contributed by atoms with E-state index < -0.39 is 0 Å². The topological polar surface area (TPSA) is 3.24 Å². The van der Waals surface area contributed by atoms with Crippen LogP contribution in [0.3, 0.4) is 0 Å². The minimum absolute atomic E-state index is 0.0539. The van der Waals surface area contributed by atoms with Crippen LogP contribution >= 0.6 is 11.8 Å². The molecule has 0 bridgehead atoms. The number of nitrogens with zero attached hydrogens (tertiary/aromatic N) is 1. The highest BCUT2D eigenvalue weighted by Gasteiger charge is 2.41. The summed E-state index contributed by atoms with van der Waals surface area (Å²) in [5.41, 5.74) is 22.1. The Morgan fingerprint density at radius 1 is 0.385 bits per heavy atom. The maximum absolute atomic E-state index is 2.70. The largest absolute Gasteiger partial charge is 0.342 e. The van der Waals surface area contributed by atoms with E-state index in [0.717, 1.165) is 19.4 Å². The molecule has 78 heavy (non-hydrogen) atoms. The fraction of sp³-hybridized carbons (Fsp3) is 0.0933. The molecule has 0 atom stereocenters. The molecule has 0 saturated carbocycles. The third kappa shape index (κ3) is 7.94. The van der Waals surface area contributed by atoms with Crippen LogP contribution in [0.25, 0.3) is 98.7 Å². The first-order valence-electron chi connectivity index (χ1n) is 27.7. The molecule has 0 aromatic heterocycles. The van der Waals surface area contributed by atoms with Crippen LogP contribution in [0.2, 0.25) is 0 Å². The monoisotopic (exact) mass is 1010 g/mol. The molecular formula is C75H56BNS. The van der Waals surface area contributed by atoms with E-state index in [9.17, 15) is 0 Å². The molecule has 0 radical (unpaired) electrons. The van der Waals surface area contributed by atoms with Gasteiger partial charge in [-0.2, -0.15) is 0 Å². The van der Waals surface area contributed by atoms with Gasteiger partial charge in [-0.05, 0) is 188 Å². The quantitative estimate of drug-likeness (QED) is 0.0805. The zero-order valence-electron chi connectivity index (χ0n) is 44.2. The average Bonchev–Trinajstić information content (AvgIpc) is 3.33. The van der Waals surface area contributed by atoms with Gasteiger partial charge < -0.3 is 4.90 Å². The van der Waals surface area contributed by atoms with E-state index in [2.05, 4.69) is 274 Å². The fourth-order valence-corrected chi connectivity index (χ4v) is 14.6. The van der Waals surface area contributed by atoms with Crippen LogP contribution in [0.15, 0.2) is 259 Å². The van der Waals surface area contributed by atoms with E-state index in [0.29, 0.717) is 0 Å². The predicted octanol–water partition coefficient (Wildman–Crippen LogP) is 18.3. The molecule has 0 fully saturated rings. The summed E-state index contributed by atoms with van der Waals surface area (Å²) >= 11 is 1.98. The summed E-state index contributed by atoms with van der Waals surface area (Å²) in [5.74, 6) is 0. The maximum atomic E-state index is 2.70. The first-order chi connectivity index (χ1) is 38.3. The van der Waals surface area contributed by atoms with Crippen molar-refractivity contribution in [3.05, 3.63) is 260 Å². The van der Waals surface area contributed by atoms with Crippen molar-refractivity contribution in [3.8, 4) is 55.6 Å². The standard InChI is InChI=1S/C75H56BNS/c1-75(2,3)47-48-39-69-74-71(40-48)78-70-46-55(57-41-56-29-18-31-61-60-30-16-27-53-28-17-32-62(72(53)60)65(44-57)73(56)61)33-35-66(70)76(74)67-45-54(49-19-8-4-9-20-49)34-36-68(67)77(69)38-37-59-63(51-23-12-6-13-24-51)42-58(50-21-10-5-11-22-50)43-64(59)52-25-14-7-15-26-52/h4-36,39-46H,37-38,47H2,1-3H3. The fourth-order valence-electron chi connectivity index (χ4n) is 13.4. The molecule has 2 aliphatic rings. The van der Waals surface area contributed by atoms with Crippen LogP contribution < -0.4 is 21.3 Å². The molecule has 370 valence electrons. The van der Waals surface area contributed by atoms with Gasteiger partial charge in [0, 0.05) is 27.7 Å². The number of anilines is 2. The van der Waals surface area contributed by atoms with E-state index in [4.69, 9.17) is 0 Å². The number of rotatable bonds is 9. The molecule has 13 aromatic carbocycles. The van der Waals surface area contributed by atoms with Crippen LogP contribution in [0, 0.1) is 5.41 Å². The Morgan fingerprint density at radius 3 is 1.55 bits per heavy atom. The van der Waals surface area contributed by atoms with Gasteiger partial charge in [-0.3, -0.25) is 0 Å². The molecular weight excluding hydrogens is 958 g/mol. The van der Waals surface area contributed by atoms with Crippen molar-refractivity contribution in [2.45, 2.75) is 43.4 Å². The molecule has 3 heteroatoms. The van der Waals surface area contributed by atoms with Gasteiger partial charge in [0.2, 0.25) is 6.71 Å². The summed E-state index contributed by atoms with van der Waals surface area (Å²) in [6.07, 6.45) is 1.82. The van der Waals surface area contributed by atoms with E-state index in [-0.39, 0.29) is 12.1 Å². The van der Waals surface area contributed by atoms with Crippen molar-refractivity contribution in [2.24, 2.45) is 5.41 Å². The Balaban J connectivity index is 0.911. The molecule has 0 aliphatic carbocycles. The Bertz CT molecular complexity index is 4400. The zero-order valence-corrected chi connectivity index (χ0v) is 45.0. The van der Waals surface area contributed by atoms with Gasteiger partial charge in [-0.15, -0.1) is 0 Å². The first kappa shape index (κ1) is 46.7. The number of fused-ring (bicyclic) bond motifs is 6. The molecule has 1 nitrogen and oxygen atoms in total. The van der Waals surface area contributed by atoms with Crippen LogP contribution in [-0.2, 0) is 12.8 Å². The van der Waals surface area contributed by atoms with Gasteiger partial charge in [-0.25, -0.2) is 0 Å². The Labute approximate surface area is 462 Å². The molecule has 15 rings (SSSR count). The van der Waals surface area contributed by atoms with Crippen LogP contribution in [0.4, 0.5) is 11.4 Å². The molecule has 0 N–H and O–H groups in total. The summed E-state index contributed by atoms with van der Waals surface area (Å²) in [7, 11) is 0.